The Labute approximate surface area is 105 Å². The number of hydrogen-bond acceptors (Lipinski definition) is 7. The molecule has 0 saturated carbocycles. The van der Waals surface area contributed by atoms with E-state index < -0.39 is 16.5 Å². The van der Waals surface area contributed by atoms with Crippen molar-refractivity contribution in [2.24, 2.45) is 0 Å². The van der Waals surface area contributed by atoms with Gasteiger partial charge in [-0.2, -0.15) is 0 Å². The monoisotopic (exact) mass is 274 g/mol. The summed E-state index contributed by atoms with van der Waals surface area (Å²) in [5.41, 5.74) is 12.7. The second-order valence-electron chi connectivity index (χ2n) is 3.98. The number of aliphatic hydroxyl groups excluding tert-OH is 1. The predicted molar refractivity (Wildman–Crippen MR) is 65.5 cm³/mol. The number of anilines is 2. The molecule has 1 atom stereocenters. The van der Waals surface area contributed by atoms with Gasteiger partial charge in [-0.1, -0.05) is 6.92 Å². The first-order valence-corrected chi connectivity index (χ1v) is 6.67. The lowest BCUT2D eigenvalue weighted by atomic mass is 9.96. The Morgan fingerprint density at radius 1 is 1.22 bits per heavy atom. The zero-order valence-electron chi connectivity index (χ0n) is 9.93. The number of rotatable bonds is 2. The molecule has 0 aliphatic carbocycles. The number of fused-ring (bicyclic) bond motifs is 1. The summed E-state index contributed by atoms with van der Waals surface area (Å²) >= 11 is 0. The van der Waals surface area contributed by atoms with Gasteiger partial charge in [0.2, 0.25) is 11.5 Å². The van der Waals surface area contributed by atoms with Gasteiger partial charge in [0.25, 0.3) is 0 Å². The van der Waals surface area contributed by atoms with Crippen molar-refractivity contribution >= 4 is 21.8 Å². The minimum atomic E-state index is -4.16. The molecule has 0 spiro atoms. The average Bonchev–Trinajstić information content (AvgIpc) is 2.59. The van der Waals surface area contributed by atoms with Crippen molar-refractivity contribution in [2.75, 3.05) is 11.5 Å². The molecule has 0 bridgehead atoms. The lowest BCUT2D eigenvalue weighted by molar-refractivity contribution is 0.199. The number of hydrogen-bond donors (Lipinski definition) is 3. The van der Waals surface area contributed by atoms with E-state index in [9.17, 15) is 13.5 Å². The molecule has 0 amide bonds. The number of benzene rings is 1. The van der Waals surface area contributed by atoms with Crippen LogP contribution in [0.3, 0.4) is 0 Å². The number of nitrogens with two attached hydrogens (primary N) is 2. The van der Waals surface area contributed by atoms with Gasteiger partial charge in [-0.3, -0.25) is 0 Å². The molecule has 2 rings (SSSR count). The zero-order valence-corrected chi connectivity index (χ0v) is 10.7. The van der Waals surface area contributed by atoms with E-state index in [1.54, 1.807) is 0 Å². The van der Waals surface area contributed by atoms with Gasteiger partial charge < -0.3 is 24.9 Å². The molecule has 1 aliphatic rings. The van der Waals surface area contributed by atoms with Crippen molar-refractivity contribution in [1.29, 1.82) is 0 Å². The van der Waals surface area contributed by atoms with E-state index >= 15 is 0 Å². The third kappa shape index (κ3) is 1.73. The normalized spacial score (nSPS) is 17.7. The molecule has 1 aromatic rings. The van der Waals surface area contributed by atoms with Crippen LogP contribution in [0.5, 0.6) is 11.5 Å². The summed E-state index contributed by atoms with van der Waals surface area (Å²) in [6.07, 6.45) is -0.410. The lowest BCUT2D eigenvalue weighted by Gasteiger charge is -2.17. The van der Waals surface area contributed by atoms with Gasteiger partial charge in [0.05, 0.1) is 17.5 Å². The maximum atomic E-state index is 11.3. The Morgan fingerprint density at radius 2 is 1.72 bits per heavy atom. The van der Waals surface area contributed by atoms with Gasteiger partial charge >= 0.3 is 10.4 Å². The van der Waals surface area contributed by atoms with E-state index in [4.69, 9.17) is 11.5 Å². The summed E-state index contributed by atoms with van der Waals surface area (Å²) in [6.45, 7) is 3.33. The fraction of sp³-hybridized carbons (Fsp3) is 0.400. The van der Waals surface area contributed by atoms with Crippen LogP contribution in [0.4, 0.5) is 11.4 Å². The van der Waals surface area contributed by atoms with Crippen LogP contribution < -0.4 is 19.8 Å². The van der Waals surface area contributed by atoms with Crippen LogP contribution >= 0.6 is 0 Å². The lowest BCUT2D eigenvalue weighted by Crippen LogP contribution is -2.08. The molecule has 8 heteroatoms. The third-order valence-corrected chi connectivity index (χ3v) is 3.52. The highest BCUT2D eigenvalue weighted by molar-refractivity contribution is 7.82. The first-order chi connectivity index (χ1) is 8.28. The number of nitrogen functional groups attached to an aromatic ring is 2. The second-order valence-corrected chi connectivity index (χ2v) is 5.13. The molecular formula is C10H14N2O5S. The summed E-state index contributed by atoms with van der Waals surface area (Å²) < 4.78 is 31.8. The van der Waals surface area contributed by atoms with Crippen LogP contribution in [0.1, 0.15) is 31.1 Å². The van der Waals surface area contributed by atoms with Crippen LogP contribution in [0.25, 0.3) is 0 Å². The Bertz CT molecular complexity index is 609. The van der Waals surface area contributed by atoms with Crippen molar-refractivity contribution in [3.8, 4) is 11.5 Å². The summed E-state index contributed by atoms with van der Waals surface area (Å²) in [5.74, 6) is -0.255. The van der Waals surface area contributed by atoms with Gasteiger partial charge in [0, 0.05) is 5.56 Å². The van der Waals surface area contributed by atoms with Crippen LogP contribution in [0.2, 0.25) is 0 Å². The van der Waals surface area contributed by atoms with Gasteiger partial charge in [-0.05, 0) is 18.9 Å². The van der Waals surface area contributed by atoms with E-state index in [0.717, 1.165) is 0 Å². The molecule has 18 heavy (non-hydrogen) atoms. The van der Waals surface area contributed by atoms with Crippen molar-refractivity contribution in [1.82, 2.24) is 0 Å². The fourth-order valence-corrected chi connectivity index (χ4v) is 2.83. The molecule has 1 aliphatic heterocycles. The van der Waals surface area contributed by atoms with Crippen molar-refractivity contribution < 1.29 is 21.9 Å². The highest BCUT2D eigenvalue weighted by atomic mass is 32.3. The van der Waals surface area contributed by atoms with E-state index in [0.29, 0.717) is 17.5 Å². The second kappa shape index (κ2) is 3.92. The summed E-state index contributed by atoms with van der Waals surface area (Å²) in [6, 6.07) is 0. The Balaban J connectivity index is 2.80. The molecule has 1 aromatic carbocycles. The first-order valence-electron chi connectivity index (χ1n) is 5.34. The maximum Gasteiger partial charge on any atom is 0.501 e. The van der Waals surface area contributed by atoms with E-state index in [1.807, 2.05) is 6.92 Å². The maximum absolute atomic E-state index is 11.3. The van der Waals surface area contributed by atoms with Crippen molar-refractivity contribution in [3.05, 3.63) is 11.1 Å². The zero-order chi connectivity index (χ0) is 13.7. The minimum Gasteiger partial charge on any atom is -0.395 e. The van der Waals surface area contributed by atoms with Crippen LogP contribution in [0.15, 0.2) is 0 Å². The van der Waals surface area contributed by atoms with Crippen LogP contribution in [0, 0.1) is 0 Å². The topological polar surface area (TPSA) is 125 Å². The highest BCUT2D eigenvalue weighted by Gasteiger charge is 2.36. The fourth-order valence-electron chi connectivity index (χ4n) is 2.06. The summed E-state index contributed by atoms with van der Waals surface area (Å²) in [5, 5.41) is 9.72. The molecule has 7 nitrogen and oxygen atoms in total. The molecule has 0 radical (unpaired) electrons. The molecule has 1 heterocycles. The Hall–Kier alpha value is -1.67. The van der Waals surface area contributed by atoms with Crippen molar-refractivity contribution in [3.63, 3.8) is 0 Å². The standard InChI is InChI=1S/C10H14N2O5S/c1-3-5-6(4(2)13)8(12)10-9(7(5)11)16-18(14,15)17-10/h4,13H,3,11-12H2,1-2H3. The summed E-state index contributed by atoms with van der Waals surface area (Å²) in [7, 11) is -4.16. The third-order valence-electron chi connectivity index (χ3n) is 2.78. The molecule has 0 fully saturated rings. The predicted octanol–water partition coefficient (Wildman–Crippen LogP) is 0.483. The van der Waals surface area contributed by atoms with Gasteiger partial charge in [0.1, 0.15) is 0 Å². The SMILES string of the molecule is CCc1c(N)c2c(c(N)c1C(C)O)OS(=O)(=O)O2. The minimum absolute atomic E-state index is 0.0344. The van der Waals surface area contributed by atoms with E-state index in [-0.39, 0.29) is 22.9 Å². The Morgan fingerprint density at radius 3 is 2.17 bits per heavy atom. The summed E-state index contributed by atoms with van der Waals surface area (Å²) in [4.78, 5) is 0. The first kappa shape index (κ1) is 12.8. The average molecular weight is 274 g/mol. The van der Waals surface area contributed by atoms with Gasteiger partial charge in [0.15, 0.2) is 0 Å². The molecular weight excluding hydrogens is 260 g/mol. The van der Waals surface area contributed by atoms with Crippen molar-refractivity contribution in [2.45, 2.75) is 26.4 Å². The van der Waals surface area contributed by atoms with Crippen LogP contribution in [-0.2, 0) is 16.8 Å². The molecule has 0 aromatic heterocycles. The molecule has 100 valence electrons. The highest BCUT2D eigenvalue weighted by Crippen LogP contribution is 2.50. The largest absolute Gasteiger partial charge is 0.501 e. The Kier molecular flexibility index (Phi) is 2.78. The molecule has 1 unspecified atom stereocenters. The quantitative estimate of drug-likeness (QED) is 0.670. The molecule has 0 saturated heterocycles. The van der Waals surface area contributed by atoms with Crippen LogP contribution in [-0.4, -0.2) is 13.5 Å². The van der Waals surface area contributed by atoms with E-state index in [1.165, 1.54) is 6.92 Å². The van der Waals surface area contributed by atoms with Gasteiger partial charge in [-0.15, -0.1) is 8.42 Å². The van der Waals surface area contributed by atoms with E-state index in [2.05, 4.69) is 8.37 Å². The smallest absolute Gasteiger partial charge is 0.395 e. The number of aliphatic hydroxyl groups is 1. The molecule has 5 N–H and O–H groups in total. The van der Waals surface area contributed by atoms with Gasteiger partial charge in [-0.25, -0.2) is 0 Å².